The summed E-state index contributed by atoms with van der Waals surface area (Å²) in [6.45, 7) is 0. The summed E-state index contributed by atoms with van der Waals surface area (Å²) in [4.78, 5) is 26.3. The molecule has 0 heterocycles. The summed E-state index contributed by atoms with van der Waals surface area (Å²) in [5.74, 6) is -0.628. The second-order valence-electron chi connectivity index (χ2n) is 6.97. The molecule has 1 atom stereocenters. The fourth-order valence-corrected chi connectivity index (χ4v) is 5.42. The van der Waals surface area contributed by atoms with Gasteiger partial charge < -0.3 is 4.74 Å². The first kappa shape index (κ1) is 24.4. The molecule has 7 heteroatoms. The first-order chi connectivity index (χ1) is 14.8. The molecular weight excluding hydrogens is 656 g/mol. The van der Waals surface area contributed by atoms with E-state index < -0.39 is 14.8 Å². The van der Waals surface area contributed by atoms with Gasteiger partial charge in [-0.05, 0) is 29.8 Å². The monoisotopic (exact) mass is 670 g/mol. The van der Waals surface area contributed by atoms with Gasteiger partial charge in [0, 0.05) is 21.8 Å². The third-order valence-electron chi connectivity index (χ3n) is 4.76. The van der Waals surface area contributed by atoms with Crippen molar-refractivity contribution in [1.82, 2.24) is 0 Å². The van der Waals surface area contributed by atoms with E-state index in [1.807, 2.05) is 48.5 Å². The quantitative estimate of drug-likeness (QED) is 0.140. The lowest BCUT2D eigenvalue weighted by Crippen LogP contribution is -2.42. The highest BCUT2D eigenvalue weighted by Crippen LogP contribution is 2.45. The lowest BCUT2D eigenvalue weighted by Gasteiger charge is -2.36. The third kappa shape index (κ3) is 5.95. The van der Waals surface area contributed by atoms with Crippen molar-refractivity contribution >= 4 is 75.5 Å². The van der Waals surface area contributed by atoms with Gasteiger partial charge in [-0.15, -0.1) is 0 Å². The summed E-state index contributed by atoms with van der Waals surface area (Å²) in [5, 5.41) is 0.293. The van der Waals surface area contributed by atoms with E-state index in [9.17, 15) is 9.59 Å². The van der Waals surface area contributed by atoms with Crippen LogP contribution in [-0.2, 0) is 10.3 Å². The zero-order valence-electron chi connectivity index (χ0n) is 16.2. The molecule has 0 aromatic heterocycles. The number of benzene rings is 3. The van der Waals surface area contributed by atoms with E-state index in [0.717, 1.165) is 10.0 Å². The van der Waals surface area contributed by atoms with Crippen LogP contribution in [0.25, 0.3) is 0 Å². The average Bonchev–Trinajstić information content (AvgIpc) is 2.79. The van der Waals surface area contributed by atoms with E-state index >= 15 is 0 Å². The van der Waals surface area contributed by atoms with Gasteiger partial charge in [0.15, 0.2) is 5.78 Å². The van der Waals surface area contributed by atoms with Crippen LogP contribution in [0.15, 0.2) is 89.4 Å². The minimum absolute atomic E-state index is 0.152. The van der Waals surface area contributed by atoms with Crippen molar-refractivity contribution in [2.45, 2.75) is 15.3 Å². The molecule has 0 radical (unpaired) electrons. The number of carbonyl (C=O) groups excluding carboxylic acids is 2. The summed E-state index contributed by atoms with van der Waals surface area (Å²) in [6.07, 6.45) is 0.152. The number of halogens is 4. The van der Waals surface area contributed by atoms with Gasteiger partial charge in [0.05, 0.1) is 5.56 Å². The molecule has 3 nitrogen and oxygen atoms in total. The largest absolute Gasteiger partial charge is 0.450 e. The lowest BCUT2D eigenvalue weighted by atomic mass is 9.88. The van der Waals surface area contributed by atoms with Crippen molar-refractivity contribution < 1.29 is 14.3 Å². The van der Waals surface area contributed by atoms with Gasteiger partial charge in [-0.2, -0.15) is 0 Å². The summed E-state index contributed by atoms with van der Waals surface area (Å²) in [6, 6.07) is 25.3. The molecule has 160 valence electrons. The van der Waals surface area contributed by atoms with Crippen LogP contribution in [0, 0.1) is 0 Å². The number of ketones is 1. The number of Topliss-reactive ketones (excluding diaryl/α,β-unsaturated/α-hetero) is 1. The molecule has 1 unspecified atom stereocenters. The summed E-state index contributed by atoms with van der Waals surface area (Å²) >= 11 is 14.1. The van der Waals surface area contributed by atoms with E-state index in [-0.39, 0.29) is 12.2 Å². The van der Waals surface area contributed by atoms with Crippen LogP contribution in [0.2, 0.25) is 0 Å². The molecule has 31 heavy (non-hydrogen) atoms. The van der Waals surface area contributed by atoms with Crippen LogP contribution in [0.5, 0.6) is 0 Å². The molecule has 3 rings (SSSR count). The average molecular weight is 674 g/mol. The summed E-state index contributed by atoms with van der Waals surface area (Å²) in [5.41, 5.74) is 0.630. The highest BCUT2D eigenvalue weighted by Gasteiger charge is 2.46. The molecule has 0 fully saturated rings. The van der Waals surface area contributed by atoms with Gasteiger partial charge in [0.2, 0.25) is 0 Å². The minimum Gasteiger partial charge on any atom is -0.450 e. The molecule has 0 aliphatic carbocycles. The number of hydrogen-bond donors (Lipinski definition) is 0. The third-order valence-corrected chi connectivity index (χ3v) is 7.47. The van der Waals surface area contributed by atoms with Gasteiger partial charge in [-0.3, -0.25) is 4.79 Å². The second kappa shape index (κ2) is 10.6. The van der Waals surface area contributed by atoms with E-state index in [0.29, 0.717) is 16.5 Å². The van der Waals surface area contributed by atoms with Crippen molar-refractivity contribution in [1.29, 1.82) is 0 Å². The van der Waals surface area contributed by atoms with Gasteiger partial charge in [0.1, 0.15) is 8.83 Å². The van der Waals surface area contributed by atoms with Crippen molar-refractivity contribution in [2.75, 3.05) is 5.33 Å². The summed E-state index contributed by atoms with van der Waals surface area (Å²) < 4.78 is 5.86. The molecule has 3 aromatic rings. The first-order valence-electron chi connectivity index (χ1n) is 9.35. The number of hydrogen-bond acceptors (Lipinski definition) is 3. The van der Waals surface area contributed by atoms with Crippen molar-refractivity contribution in [3.05, 3.63) is 106 Å². The normalized spacial score (nSPS) is 13.3. The van der Waals surface area contributed by atoms with Gasteiger partial charge in [-0.25, -0.2) is 4.79 Å². The molecule has 3 aromatic carbocycles. The maximum Gasteiger partial charge on any atom is 0.339 e. The topological polar surface area (TPSA) is 43.4 Å². The van der Waals surface area contributed by atoms with Crippen LogP contribution in [0.1, 0.15) is 32.7 Å². The molecule has 0 bridgehead atoms. The van der Waals surface area contributed by atoms with Gasteiger partial charge in [-0.1, -0.05) is 124 Å². The Bertz CT molecular complexity index is 1040. The fourth-order valence-electron chi connectivity index (χ4n) is 3.15. The maximum absolute atomic E-state index is 13.2. The molecule has 0 amide bonds. The Morgan fingerprint density at radius 2 is 1.29 bits per heavy atom. The van der Waals surface area contributed by atoms with Crippen LogP contribution in [-0.4, -0.2) is 20.3 Å². The summed E-state index contributed by atoms with van der Waals surface area (Å²) in [7, 11) is 0. The van der Waals surface area contributed by atoms with Crippen molar-refractivity contribution in [2.24, 2.45) is 0 Å². The predicted octanol–water partition coefficient (Wildman–Crippen LogP) is 7.66. The standard InChI is InChI=1S/C24H18Br4O3/c25-16-23(19-11-13-20(26)14-12-19,31-22(30)18-9-5-2-6-10-18)15-24(27,28)21(29)17-7-3-1-4-8-17/h1-14H,15-16H2. The number of ether oxygens (including phenoxy) is 1. The Morgan fingerprint density at radius 1 is 0.774 bits per heavy atom. The zero-order valence-corrected chi connectivity index (χ0v) is 22.6. The molecule has 0 saturated heterocycles. The smallest absolute Gasteiger partial charge is 0.339 e. The highest BCUT2D eigenvalue weighted by atomic mass is 79.9. The Balaban J connectivity index is 2.01. The predicted molar refractivity (Wildman–Crippen MR) is 137 cm³/mol. The minimum atomic E-state index is -1.15. The van der Waals surface area contributed by atoms with Crippen LogP contribution >= 0.6 is 63.7 Å². The molecular formula is C24H18Br4O3. The second-order valence-corrected chi connectivity index (χ2v) is 12.2. The van der Waals surface area contributed by atoms with Crippen LogP contribution < -0.4 is 0 Å². The van der Waals surface area contributed by atoms with Crippen molar-refractivity contribution in [3.8, 4) is 0 Å². The Hall–Kier alpha value is -1.28. The Labute approximate surface area is 215 Å². The van der Waals surface area contributed by atoms with E-state index in [1.165, 1.54) is 0 Å². The van der Waals surface area contributed by atoms with E-state index in [4.69, 9.17) is 4.74 Å². The molecule has 0 spiro atoms. The molecule has 0 N–H and O–H groups in total. The number of alkyl halides is 3. The van der Waals surface area contributed by atoms with E-state index in [1.54, 1.807) is 36.4 Å². The Morgan fingerprint density at radius 3 is 1.81 bits per heavy atom. The van der Waals surface area contributed by atoms with Crippen LogP contribution in [0.4, 0.5) is 0 Å². The lowest BCUT2D eigenvalue weighted by molar-refractivity contribution is -0.0136. The highest BCUT2D eigenvalue weighted by molar-refractivity contribution is 9.26. The van der Waals surface area contributed by atoms with E-state index in [2.05, 4.69) is 63.7 Å². The fraction of sp³-hybridized carbons (Fsp3) is 0.167. The molecule has 0 aliphatic rings. The number of rotatable bonds is 8. The Kier molecular flexibility index (Phi) is 8.30. The zero-order chi connectivity index (χ0) is 22.5. The van der Waals surface area contributed by atoms with Gasteiger partial charge in [0.25, 0.3) is 0 Å². The van der Waals surface area contributed by atoms with Gasteiger partial charge >= 0.3 is 5.97 Å². The first-order valence-corrected chi connectivity index (χ1v) is 12.9. The van der Waals surface area contributed by atoms with Crippen molar-refractivity contribution in [3.63, 3.8) is 0 Å². The molecule has 0 aliphatic heterocycles. The number of esters is 1. The van der Waals surface area contributed by atoms with Crippen LogP contribution in [0.3, 0.4) is 0 Å². The number of carbonyl (C=O) groups is 2. The molecule has 0 saturated carbocycles. The SMILES string of the molecule is O=C(OC(CBr)(CC(Br)(Br)C(=O)c1ccccc1)c1ccc(Br)cc1)c1ccccc1. The maximum atomic E-state index is 13.2.